The first-order valence-electron chi connectivity index (χ1n) is 5.40. The maximum atomic E-state index is 13.1. The van der Waals surface area contributed by atoms with Crippen LogP contribution in [0.4, 0.5) is 18.9 Å². The minimum absolute atomic E-state index is 0.324. The van der Waals surface area contributed by atoms with Crippen LogP contribution in [0.3, 0.4) is 0 Å². The van der Waals surface area contributed by atoms with E-state index in [9.17, 15) is 18.0 Å². The Morgan fingerprint density at radius 2 is 2.00 bits per heavy atom. The van der Waals surface area contributed by atoms with Crippen molar-refractivity contribution in [2.75, 3.05) is 12.4 Å². The lowest BCUT2D eigenvalue weighted by Gasteiger charge is -2.14. The van der Waals surface area contributed by atoms with E-state index >= 15 is 0 Å². The summed E-state index contributed by atoms with van der Waals surface area (Å²) in [7, 11) is 1.42. The van der Waals surface area contributed by atoms with E-state index in [1.165, 1.54) is 20.1 Å². The zero-order chi connectivity index (χ0) is 14.6. The summed E-state index contributed by atoms with van der Waals surface area (Å²) in [6.45, 7) is 2.96. The van der Waals surface area contributed by atoms with Gasteiger partial charge in [-0.25, -0.2) is 13.2 Å². The summed E-state index contributed by atoms with van der Waals surface area (Å²) in [4.78, 5) is 11.4. The van der Waals surface area contributed by atoms with Gasteiger partial charge in [0.1, 0.15) is 5.75 Å². The molecule has 1 atom stereocenters. The molecule has 1 unspecified atom stereocenters. The molecule has 0 aliphatic rings. The SMILES string of the molecule is COc1cc(C)c(SC(F)C(F)F)cc1NC(C)=O. The van der Waals surface area contributed by atoms with E-state index in [0.717, 1.165) is 0 Å². The van der Waals surface area contributed by atoms with Crippen molar-refractivity contribution in [1.29, 1.82) is 0 Å². The van der Waals surface area contributed by atoms with Crippen molar-refractivity contribution in [2.45, 2.75) is 30.7 Å². The van der Waals surface area contributed by atoms with E-state index in [0.29, 0.717) is 33.7 Å². The quantitative estimate of drug-likeness (QED) is 0.843. The summed E-state index contributed by atoms with van der Waals surface area (Å²) in [6, 6.07) is 2.99. The molecule has 0 heterocycles. The molecule has 0 bridgehead atoms. The summed E-state index contributed by atoms with van der Waals surface area (Å²) in [6.07, 6.45) is -3.06. The van der Waals surface area contributed by atoms with Crippen LogP contribution in [-0.4, -0.2) is 24.9 Å². The number of methoxy groups -OCH3 is 1. The Morgan fingerprint density at radius 3 is 2.47 bits per heavy atom. The maximum absolute atomic E-state index is 13.1. The lowest BCUT2D eigenvalue weighted by atomic mass is 10.2. The van der Waals surface area contributed by atoms with E-state index < -0.39 is 11.9 Å². The Kier molecular flexibility index (Phi) is 5.53. The number of alkyl halides is 3. The van der Waals surface area contributed by atoms with Crippen LogP contribution in [0.15, 0.2) is 17.0 Å². The van der Waals surface area contributed by atoms with Crippen LogP contribution in [0.25, 0.3) is 0 Å². The van der Waals surface area contributed by atoms with Crippen molar-refractivity contribution >= 4 is 23.4 Å². The number of benzene rings is 1. The summed E-state index contributed by atoms with van der Waals surface area (Å²) in [5.74, 6) is 0.0632. The number of amides is 1. The van der Waals surface area contributed by atoms with Crippen molar-refractivity contribution in [3.8, 4) is 5.75 Å². The molecular formula is C12H14F3NO2S. The van der Waals surface area contributed by atoms with Crippen LogP contribution in [0, 0.1) is 6.92 Å². The first kappa shape index (κ1) is 15.7. The highest BCUT2D eigenvalue weighted by Gasteiger charge is 2.22. The van der Waals surface area contributed by atoms with Crippen molar-refractivity contribution in [1.82, 2.24) is 0 Å². The van der Waals surface area contributed by atoms with Gasteiger partial charge in [0.25, 0.3) is 6.43 Å². The Morgan fingerprint density at radius 1 is 1.37 bits per heavy atom. The second-order valence-electron chi connectivity index (χ2n) is 3.80. The van der Waals surface area contributed by atoms with E-state index in [1.807, 2.05) is 0 Å². The summed E-state index contributed by atoms with van der Waals surface area (Å²) in [5.41, 5.74) is -1.39. The molecule has 1 amide bonds. The standard InChI is InChI=1S/C12H14F3NO2S/c1-6-4-9(18-3)8(16-7(2)17)5-10(6)19-12(15)11(13)14/h4-5,11-12H,1-3H3,(H,16,17). The number of rotatable bonds is 5. The van der Waals surface area contributed by atoms with E-state index in [2.05, 4.69) is 5.32 Å². The van der Waals surface area contributed by atoms with Gasteiger partial charge < -0.3 is 10.1 Å². The fraction of sp³-hybridized carbons (Fsp3) is 0.417. The van der Waals surface area contributed by atoms with E-state index in [4.69, 9.17) is 4.74 Å². The predicted octanol–water partition coefficient (Wildman–Crippen LogP) is 3.61. The number of thioether (sulfide) groups is 1. The van der Waals surface area contributed by atoms with Gasteiger partial charge in [-0.05, 0) is 24.6 Å². The molecule has 1 N–H and O–H groups in total. The molecule has 0 spiro atoms. The molecule has 0 aliphatic heterocycles. The molecule has 3 nitrogen and oxygen atoms in total. The number of nitrogens with one attached hydrogen (secondary N) is 1. The minimum atomic E-state index is -3.06. The zero-order valence-corrected chi connectivity index (χ0v) is 11.5. The highest BCUT2D eigenvalue weighted by atomic mass is 32.2. The van der Waals surface area contributed by atoms with E-state index in [1.54, 1.807) is 13.0 Å². The minimum Gasteiger partial charge on any atom is -0.495 e. The van der Waals surface area contributed by atoms with Crippen molar-refractivity contribution < 1.29 is 22.7 Å². The van der Waals surface area contributed by atoms with Gasteiger partial charge in [-0.3, -0.25) is 4.79 Å². The number of ether oxygens (including phenoxy) is 1. The number of hydrogen-bond acceptors (Lipinski definition) is 3. The van der Waals surface area contributed by atoms with Gasteiger partial charge >= 0.3 is 0 Å². The third kappa shape index (κ3) is 4.34. The Balaban J connectivity index is 3.08. The molecule has 0 aromatic heterocycles. The molecule has 0 saturated heterocycles. The highest BCUT2D eigenvalue weighted by molar-refractivity contribution is 7.99. The van der Waals surface area contributed by atoms with Crippen LogP contribution in [-0.2, 0) is 4.79 Å². The van der Waals surface area contributed by atoms with E-state index in [-0.39, 0.29) is 5.91 Å². The predicted molar refractivity (Wildman–Crippen MR) is 68.8 cm³/mol. The van der Waals surface area contributed by atoms with Crippen LogP contribution in [0.5, 0.6) is 5.75 Å². The molecular weight excluding hydrogens is 279 g/mol. The average molecular weight is 293 g/mol. The number of halogens is 3. The Labute approximate surface area is 113 Å². The monoisotopic (exact) mass is 293 g/mol. The van der Waals surface area contributed by atoms with Gasteiger partial charge in [0, 0.05) is 11.8 Å². The van der Waals surface area contributed by atoms with Crippen molar-refractivity contribution in [2.24, 2.45) is 0 Å². The number of aryl methyl sites for hydroxylation is 1. The van der Waals surface area contributed by atoms with Gasteiger partial charge in [0.05, 0.1) is 12.8 Å². The average Bonchev–Trinajstić information content (AvgIpc) is 2.31. The normalized spacial score (nSPS) is 12.4. The van der Waals surface area contributed by atoms with Crippen LogP contribution in [0.2, 0.25) is 0 Å². The van der Waals surface area contributed by atoms with Gasteiger partial charge in [-0.1, -0.05) is 11.8 Å². The highest BCUT2D eigenvalue weighted by Crippen LogP contribution is 2.37. The topological polar surface area (TPSA) is 38.3 Å². The summed E-state index contributed by atoms with van der Waals surface area (Å²) >= 11 is 0.415. The lowest BCUT2D eigenvalue weighted by molar-refractivity contribution is -0.114. The molecule has 0 fully saturated rings. The largest absolute Gasteiger partial charge is 0.495 e. The van der Waals surface area contributed by atoms with Crippen molar-refractivity contribution in [3.63, 3.8) is 0 Å². The van der Waals surface area contributed by atoms with Crippen LogP contribution < -0.4 is 10.1 Å². The molecule has 1 aromatic rings. The second kappa shape index (κ2) is 6.70. The molecule has 1 aromatic carbocycles. The smallest absolute Gasteiger partial charge is 0.278 e. The third-order valence-electron chi connectivity index (χ3n) is 2.25. The molecule has 106 valence electrons. The number of anilines is 1. The first-order chi connectivity index (χ1) is 8.85. The van der Waals surface area contributed by atoms with Crippen LogP contribution in [0.1, 0.15) is 12.5 Å². The summed E-state index contributed by atoms with van der Waals surface area (Å²) in [5, 5.41) is 2.51. The number of hydrogen-bond donors (Lipinski definition) is 1. The number of carbonyl (C=O) groups excluding carboxylic acids is 1. The van der Waals surface area contributed by atoms with Crippen LogP contribution >= 0.6 is 11.8 Å². The van der Waals surface area contributed by atoms with Gasteiger partial charge in [0.2, 0.25) is 11.4 Å². The zero-order valence-electron chi connectivity index (χ0n) is 10.7. The fourth-order valence-electron chi connectivity index (χ4n) is 1.42. The lowest BCUT2D eigenvalue weighted by Crippen LogP contribution is -2.09. The fourth-order valence-corrected chi connectivity index (χ4v) is 2.19. The Bertz CT molecular complexity index is 469. The van der Waals surface area contributed by atoms with Gasteiger partial charge in [-0.2, -0.15) is 0 Å². The third-order valence-corrected chi connectivity index (χ3v) is 3.37. The number of carbonyl (C=O) groups is 1. The maximum Gasteiger partial charge on any atom is 0.278 e. The van der Waals surface area contributed by atoms with Crippen molar-refractivity contribution in [3.05, 3.63) is 17.7 Å². The first-order valence-corrected chi connectivity index (χ1v) is 6.28. The molecule has 1 rings (SSSR count). The molecule has 7 heteroatoms. The molecule has 0 aliphatic carbocycles. The van der Waals surface area contributed by atoms with Gasteiger partial charge in [-0.15, -0.1) is 0 Å². The molecule has 19 heavy (non-hydrogen) atoms. The molecule has 0 radical (unpaired) electrons. The summed E-state index contributed by atoms with van der Waals surface area (Å²) < 4.78 is 42.6. The Hall–Kier alpha value is -1.37. The second-order valence-corrected chi connectivity index (χ2v) is 4.93. The molecule has 0 saturated carbocycles. The van der Waals surface area contributed by atoms with Gasteiger partial charge in [0.15, 0.2) is 0 Å².